The van der Waals surface area contributed by atoms with E-state index in [1.807, 2.05) is 12.4 Å². The molecule has 2 N–H and O–H groups in total. The van der Waals surface area contributed by atoms with Crippen LogP contribution in [0.25, 0.3) is 0 Å². The van der Waals surface area contributed by atoms with Gasteiger partial charge in [0.2, 0.25) is 5.91 Å². The quantitative estimate of drug-likeness (QED) is 0.773. The lowest BCUT2D eigenvalue weighted by Crippen LogP contribution is -2.32. The summed E-state index contributed by atoms with van der Waals surface area (Å²) in [5, 5.41) is 6.42. The molecule has 2 heterocycles. The van der Waals surface area contributed by atoms with Crippen molar-refractivity contribution in [3.8, 4) is 0 Å². The molecule has 5 nitrogen and oxygen atoms in total. The van der Waals surface area contributed by atoms with Crippen LogP contribution < -0.4 is 10.6 Å². The van der Waals surface area contributed by atoms with Gasteiger partial charge >= 0.3 is 0 Å². The highest BCUT2D eigenvalue weighted by atomic mass is 35.5. The van der Waals surface area contributed by atoms with Gasteiger partial charge < -0.3 is 15.2 Å². The van der Waals surface area contributed by atoms with Crippen LogP contribution >= 0.6 is 24.8 Å². The van der Waals surface area contributed by atoms with Gasteiger partial charge in [-0.2, -0.15) is 0 Å². The van der Waals surface area contributed by atoms with Crippen molar-refractivity contribution in [3.63, 3.8) is 0 Å². The first-order valence-electron chi connectivity index (χ1n) is 7.79. The molecule has 1 unspecified atom stereocenters. The van der Waals surface area contributed by atoms with Gasteiger partial charge in [0.25, 0.3) is 0 Å². The van der Waals surface area contributed by atoms with Gasteiger partial charge in [0.15, 0.2) is 0 Å². The van der Waals surface area contributed by atoms with Crippen LogP contribution in [-0.2, 0) is 17.8 Å². The maximum Gasteiger partial charge on any atom is 0.223 e. The van der Waals surface area contributed by atoms with Crippen molar-refractivity contribution in [1.82, 2.24) is 20.2 Å². The standard InChI is InChI=1S/C15H26N4O.2ClH/c1-2-14-17-10-12-19(14)11-4-8-18-15(20)13-5-3-7-16-9-6-13;;/h10,12-13,16H,2-9,11H2,1H3,(H,18,20);2*1H. The maximum atomic E-state index is 12.1. The summed E-state index contributed by atoms with van der Waals surface area (Å²) in [6.07, 6.45) is 8.85. The van der Waals surface area contributed by atoms with Crippen LogP contribution in [0.1, 0.15) is 38.4 Å². The second-order valence-electron chi connectivity index (χ2n) is 5.41. The van der Waals surface area contributed by atoms with Crippen molar-refractivity contribution in [2.45, 2.75) is 45.6 Å². The van der Waals surface area contributed by atoms with Gasteiger partial charge in [0.05, 0.1) is 0 Å². The van der Waals surface area contributed by atoms with E-state index in [9.17, 15) is 4.79 Å². The summed E-state index contributed by atoms with van der Waals surface area (Å²) in [5.74, 6) is 1.55. The minimum atomic E-state index is 0. The predicted molar refractivity (Wildman–Crippen MR) is 93.9 cm³/mol. The summed E-state index contributed by atoms with van der Waals surface area (Å²) in [7, 11) is 0. The zero-order chi connectivity index (χ0) is 14.2. The zero-order valence-electron chi connectivity index (χ0n) is 13.2. The second kappa shape index (κ2) is 11.7. The van der Waals surface area contributed by atoms with E-state index in [1.165, 1.54) is 0 Å². The maximum absolute atomic E-state index is 12.1. The van der Waals surface area contributed by atoms with Crippen LogP contribution in [0.5, 0.6) is 0 Å². The number of halogens is 2. The first-order valence-corrected chi connectivity index (χ1v) is 7.79. The molecule has 1 fully saturated rings. The molecule has 1 saturated heterocycles. The zero-order valence-corrected chi connectivity index (χ0v) is 14.8. The van der Waals surface area contributed by atoms with Gasteiger partial charge in [-0.25, -0.2) is 4.98 Å². The fourth-order valence-electron chi connectivity index (χ4n) is 2.74. The number of imidazole rings is 1. The Morgan fingerprint density at radius 2 is 2.23 bits per heavy atom. The van der Waals surface area contributed by atoms with E-state index in [1.54, 1.807) is 0 Å². The van der Waals surface area contributed by atoms with Crippen LogP contribution in [0.4, 0.5) is 0 Å². The molecule has 0 spiro atoms. The number of carbonyl (C=O) groups excluding carboxylic acids is 1. The number of amides is 1. The Morgan fingerprint density at radius 1 is 1.41 bits per heavy atom. The van der Waals surface area contributed by atoms with Crippen molar-refractivity contribution in [2.24, 2.45) is 5.92 Å². The predicted octanol–water partition coefficient (Wildman–Crippen LogP) is 2.19. The lowest BCUT2D eigenvalue weighted by atomic mass is 10.00. The fourth-order valence-corrected chi connectivity index (χ4v) is 2.74. The summed E-state index contributed by atoms with van der Waals surface area (Å²) in [6, 6.07) is 0. The van der Waals surface area contributed by atoms with Crippen LogP contribution in [0.15, 0.2) is 12.4 Å². The molecule has 0 radical (unpaired) electrons. The lowest BCUT2D eigenvalue weighted by Gasteiger charge is -2.14. The molecule has 1 aromatic rings. The number of carbonyl (C=O) groups is 1. The van der Waals surface area contributed by atoms with Crippen molar-refractivity contribution < 1.29 is 4.79 Å². The monoisotopic (exact) mass is 350 g/mol. The third-order valence-corrected chi connectivity index (χ3v) is 3.94. The van der Waals surface area contributed by atoms with Crippen molar-refractivity contribution >= 4 is 30.7 Å². The molecule has 0 saturated carbocycles. The molecule has 0 aliphatic carbocycles. The highest BCUT2D eigenvalue weighted by Gasteiger charge is 2.19. The topological polar surface area (TPSA) is 59.0 Å². The number of aromatic nitrogens is 2. The number of nitrogens with one attached hydrogen (secondary N) is 2. The third-order valence-electron chi connectivity index (χ3n) is 3.94. The molecular formula is C15H28Cl2N4O. The average molecular weight is 351 g/mol. The Labute approximate surface area is 145 Å². The van der Waals surface area contributed by atoms with Crippen molar-refractivity contribution in [2.75, 3.05) is 19.6 Å². The number of rotatable bonds is 6. The van der Waals surface area contributed by atoms with Gasteiger partial charge in [-0.3, -0.25) is 4.79 Å². The molecule has 22 heavy (non-hydrogen) atoms. The largest absolute Gasteiger partial charge is 0.356 e. The van der Waals surface area contributed by atoms with E-state index in [2.05, 4.69) is 27.1 Å². The molecule has 128 valence electrons. The molecule has 7 heteroatoms. The number of nitrogens with zero attached hydrogens (tertiary/aromatic N) is 2. The summed E-state index contributed by atoms with van der Waals surface area (Å²) in [4.78, 5) is 16.4. The summed E-state index contributed by atoms with van der Waals surface area (Å²) in [5.41, 5.74) is 0. The van der Waals surface area contributed by atoms with Crippen LogP contribution in [0, 0.1) is 5.92 Å². The molecule has 1 amide bonds. The highest BCUT2D eigenvalue weighted by molar-refractivity contribution is 5.85. The Morgan fingerprint density at radius 3 is 3.00 bits per heavy atom. The van der Waals surface area contributed by atoms with Gasteiger partial charge in [-0.05, 0) is 38.8 Å². The third kappa shape index (κ3) is 6.55. The van der Waals surface area contributed by atoms with E-state index in [0.29, 0.717) is 0 Å². The van der Waals surface area contributed by atoms with Crippen molar-refractivity contribution in [1.29, 1.82) is 0 Å². The molecule has 1 aliphatic heterocycles. The van der Waals surface area contributed by atoms with Gasteiger partial charge in [0, 0.05) is 37.8 Å². The van der Waals surface area contributed by atoms with Gasteiger partial charge in [0.1, 0.15) is 5.82 Å². The molecule has 2 rings (SSSR count). The lowest BCUT2D eigenvalue weighted by molar-refractivity contribution is -0.125. The Kier molecular flexibility index (Phi) is 11.3. The van der Waals surface area contributed by atoms with E-state index in [4.69, 9.17) is 0 Å². The molecular weight excluding hydrogens is 323 g/mol. The van der Waals surface area contributed by atoms with Crippen molar-refractivity contribution in [3.05, 3.63) is 18.2 Å². The molecule has 0 bridgehead atoms. The fraction of sp³-hybridized carbons (Fsp3) is 0.733. The summed E-state index contributed by atoms with van der Waals surface area (Å²) >= 11 is 0. The molecule has 0 aromatic carbocycles. The number of hydrogen-bond acceptors (Lipinski definition) is 3. The highest BCUT2D eigenvalue weighted by Crippen LogP contribution is 2.13. The van der Waals surface area contributed by atoms with E-state index >= 15 is 0 Å². The summed E-state index contributed by atoms with van der Waals surface area (Å²) < 4.78 is 2.17. The minimum Gasteiger partial charge on any atom is -0.356 e. The summed E-state index contributed by atoms with van der Waals surface area (Å²) in [6.45, 7) is 5.80. The molecule has 1 atom stereocenters. The Hall–Kier alpha value is -0.780. The number of hydrogen-bond donors (Lipinski definition) is 2. The Balaban J connectivity index is 0.00000220. The molecule has 1 aromatic heterocycles. The van der Waals surface area contributed by atoms with E-state index in [0.717, 1.165) is 64.1 Å². The van der Waals surface area contributed by atoms with Crippen LogP contribution in [0.2, 0.25) is 0 Å². The smallest absolute Gasteiger partial charge is 0.223 e. The second-order valence-corrected chi connectivity index (χ2v) is 5.41. The van der Waals surface area contributed by atoms with E-state index in [-0.39, 0.29) is 36.6 Å². The van der Waals surface area contributed by atoms with Crippen LogP contribution in [0.3, 0.4) is 0 Å². The first kappa shape index (κ1) is 21.2. The minimum absolute atomic E-state index is 0. The Bertz CT molecular complexity index is 417. The average Bonchev–Trinajstić information content (AvgIpc) is 2.74. The van der Waals surface area contributed by atoms with E-state index < -0.39 is 0 Å². The molecule has 1 aliphatic rings. The first-order chi connectivity index (χ1) is 9.81. The number of aryl methyl sites for hydroxylation is 2. The normalized spacial score (nSPS) is 17.8. The van der Waals surface area contributed by atoms with Gasteiger partial charge in [-0.1, -0.05) is 6.92 Å². The SMILES string of the molecule is CCc1nccn1CCCNC(=O)C1CCCNCC1.Cl.Cl. The van der Waals surface area contributed by atoms with Gasteiger partial charge in [-0.15, -0.1) is 24.8 Å². The van der Waals surface area contributed by atoms with Crippen LogP contribution in [-0.4, -0.2) is 35.1 Å².